The molecule has 1 unspecified atom stereocenters. The fourth-order valence-electron chi connectivity index (χ4n) is 1.30. The van der Waals surface area contributed by atoms with Crippen molar-refractivity contribution in [3.8, 4) is 11.5 Å². The molecule has 1 rings (SSSR count). The normalized spacial score (nSPS) is 14.3. The number of nitrogens with one attached hydrogen (secondary N) is 1. The van der Waals surface area contributed by atoms with Crippen molar-refractivity contribution in [2.75, 3.05) is 19.5 Å². The lowest BCUT2D eigenvalue weighted by molar-refractivity contribution is -0.184. The van der Waals surface area contributed by atoms with Gasteiger partial charge < -0.3 is 20.5 Å². The van der Waals surface area contributed by atoms with Crippen LogP contribution in [0.4, 0.5) is 18.9 Å². The zero-order valence-electron chi connectivity index (χ0n) is 11.2. The maximum absolute atomic E-state index is 12.6. The number of nitrogens with two attached hydrogens (primary N) is 1. The van der Waals surface area contributed by atoms with E-state index in [4.69, 9.17) is 15.2 Å². The molecule has 1 aromatic carbocycles. The van der Waals surface area contributed by atoms with E-state index in [1.165, 1.54) is 32.4 Å². The van der Waals surface area contributed by atoms with Gasteiger partial charge in [-0.05, 0) is 19.1 Å². The lowest BCUT2D eigenvalue weighted by atomic mass is 10.0. The molecule has 20 heavy (non-hydrogen) atoms. The zero-order chi connectivity index (χ0) is 15.6. The minimum atomic E-state index is -4.85. The highest BCUT2D eigenvalue weighted by Gasteiger charge is 2.53. The second-order valence-corrected chi connectivity index (χ2v) is 4.22. The summed E-state index contributed by atoms with van der Waals surface area (Å²) in [4.78, 5) is 11.6. The van der Waals surface area contributed by atoms with E-state index in [0.29, 0.717) is 12.7 Å². The Balaban J connectivity index is 2.97. The molecule has 112 valence electrons. The van der Waals surface area contributed by atoms with E-state index >= 15 is 0 Å². The summed E-state index contributed by atoms with van der Waals surface area (Å²) >= 11 is 0. The monoisotopic (exact) mass is 292 g/mol. The highest BCUT2D eigenvalue weighted by atomic mass is 19.4. The maximum atomic E-state index is 12.6. The van der Waals surface area contributed by atoms with Crippen LogP contribution in [0.1, 0.15) is 6.92 Å². The summed E-state index contributed by atoms with van der Waals surface area (Å²) in [5, 5.41) is 2.10. The minimum Gasteiger partial charge on any atom is -0.493 e. The predicted octanol–water partition coefficient (Wildman–Crippen LogP) is 1.92. The lowest BCUT2D eigenvalue weighted by Gasteiger charge is -2.26. The van der Waals surface area contributed by atoms with Crippen LogP contribution in [0.15, 0.2) is 18.2 Å². The summed E-state index contributed by atoms with van der Waals surface area (Å²) in [7, 11) is 2.78. The quantitative estimate of drug-likeness (QED) is 0.889. The SMILES string of the molecule is COc1ccc(NC(=O)C(C)(N)C(F)(F)F)cc1OC. The first-order chi connectivity index (χ1) is 9.13. The van der Waals surface area contributed by atoms with Gasteiger partial charge in [-0.15, -0.1) is 0 Å². The molecule has 0 aliphatic heterocycles. The number of benzene rings is 1. The molecular formula is C12H15F3N2O3. The molecule has 1 amide bonds. The number of amides is 1. The van der Waals surface area contributed by atoms with Gasteiger partial charge in [0.05, 0.1) is 14.2 Å². The average Bonchev–Trinajstić information content (AvgIpc) is 2.37. The summed E-state index contributed by atoms with van der Waals surface area (Å²) < 4.78 is 47.8. The second-order valence-electron chi connectivity index (χ2n) is 4.22. The van der Waals surface area contributed by atoms with Gasteiger partial charge in [-0.3, -0.25) is 4.79 Å². The van der Waals surface area contributed by atoms with Gasteiger partial charge >= 0.3 is 6.18 Å². The molecule has 8 heteroatoms. The van der Waals surface area contributed by atoms with Gasteiger partial charge in [-0.2, -0.15) is 13.2 Å². The van der Waals surface area contributed by atoms with E-state index in [2.05, 4.69) is 5.32 Å². The van der Waals surface area contributed by atoms with Gasteiger partial charge in [0.25, 0.3) is 5.91 Å². The maximum Gasteiger partial charge on any atom is 0.415 e. The number of halogens is 3. The average molecular weight is 292 g/mol. The third kappa shape index (κ3) is 3.13. The third-order valence-corrected chi connectivity index (χ3v) is 2.70. The summed E-state index contributed by atoms with van der Waals surface area (Å²) in [6.45, 7) is 0.600. The van der Waals surface area contributed by atoms with Crippen LogP contribution in [0.25, 0.3) is 0 Å². The highest BCUT2D eigenvalue weighted by molar-refractivity contribution is 5.98. The molecule has 0 heterocycles. The van der Waals surface area contributed by atoms with Crippen molar-refractivity contribution in [3.05, 3.63) is 18.2 Å². The fraction of sp³-hybridized carbons (Fsp3) is 0.417. The Bertz CT molecular complexity index is 501. The fourth-order valence-corrected chi connectivity index (χ4v) is 1.30. The number of methoxy groups -OCH3 is 2. The molecular weight excluding hydrogens is 277 g/mol. The number of anilines is 1. The van der Waals surface area contributed by atoms with Gasteiger partial charge in [0.15, 0.2) is 17.0 Å². The highest BCUT2D eigenvalue weighted by Crippen LogP contribution is 2.32. The van der Waals surface area contributed by atoms with Crippen molar-refractivity contribution >= 4 is 11.6 Å². The molecule has 0 aromatic heterocycles. The zero-order valence-corrected chi connectivity index (χ0v) is 11.2. The van der Waals surface area contributed by atoms with Crippen molar-refractivity contribution in [1.29, 1.82) is 0 Å². The number of hydrogen-bond donors (Lipinski definition) is 2. The molecule has 0 aliphatic carbocycles. The van der Waals surface area contributed by atoms with Crippen molar-refractivity contribution < 1.29 is 27.4 Å². The molecule has 1 aromatic rings. The summed E-state index contributed by atoms with van der Waals surface area (Å²) in [6, 6.07) is 4.17. The first-order valence-electron chi connectivity index (χ1n) is 5.52. The smallest absolute Gasteiger partial charge is 0.415 e. The standard InChI is InChI=1S/C12H15F3N2O3/c1-11(16,12(13,14)15)10(18)17-7-4-5-8(19-2)9(6-7)20-3/h4-6H,16H2,1-3H3,(H,17,18). The predicted molar refractivity (Wildman–Crippen MR) is 66.8 cm³/mol. The molecule has 0 bridgehead atoms. The summed E-state index contributed by atoms with van der Waals surface area (Å²) in [5.74, 6) is -0.704. The van der Waals surface area contributed by atoms with Crippen molar-refractivity contribution in [1.82, 2.24) is 0 Å². The number of hydrogen-bond acceptors (Lipinski definition) is 4. The first-order valence-corrected chi connectivity index (χ1v) is 5.52. The Morgan fingerprint density at radius 1 is 1.20 bits per heavy atom. The van der Waals surface area contributed by atoms with Crippen LogP contribution >= 0.6 is 0 Å². The Morgan fingerprint density at radius 2 is 1.75 bits per heavy atom. The number of alkyl halides is 3. The van der Waals surface area contributed by atoms with Crippen LogP contribution in [-0.4, -0.2) is 31.8 Å². The summed E-state index contributed by atoms with van der Waals surface area (Å²) in [5.41, 5.74) is 2.15. The van der Waals surface area contributed by atoms with E-state index in [-0.39, 0.29) is 11.4 Å². The van der Waals surface area contributed by atoms with Crippen LogP contribution < -0.4 is 20.5 Å². The Hall–Kier alpha value is -1.96. The molecule has 0 radical (unpaired) electrons. The minimum absolute atomic E-state index is 0.119. The number of carbonyl (C=O) groups excluding carboxylic acids is 1. The Kier molecular flexibility index (Phi) is 4.49. The number of rotatable bonds is 4. The van der Waals surface area contributed by atoms with E-state index in [0.717, 1.165) is 0 Å². The number of carbonyl (C=O) groups is 1. The topological polar surface area (TPSA) is 73.6 Å². The number of ether oxygens (including phenoxy) is 2. The summed E-state index contributed by atoms with van der Waals surface area (Å²) in [6.07, 6.45) is -4.85. The molecule has 0 saturated heterocycles. The van der Waals surface area contributed by atoms with E-state index in [9.17, 15) is 18.0 Å². The largest absolute Gasteiger partial charge is 0.493 e. The lowest BCUT2D eigenvalue weighted by Crippen LogP contribution is -2.59. The molecule has 3 N–H and O–H groups in total. The van der Waals surface area contributed by atoms with Gasteiger partial charge in [-0.25, -0.2) is 0 Å². The molecule has 1 atom stereocenters. The first kappa shape index (κ1) is 16.1. The second kappa shape index (κ2) is 5.58. The van der Waals surface area contributed by atoms with Crippen LogP contribution in [0.2, 0.25) is 0 Å². The van der Waals surface area contributed by atoms with Gasteiger partial charge in [0.1, 0.15) is 0 Å². The van der Waals surface area contributed by atoms with E-state index < -0.39 is 17.6 Å². The Morgan fingerprint density at radius 3 is 2.20 bits per heavy atom. The molecule has 0 spiro atoms. The van der Waals surface area contributed by atoms with Crippen molar-refractivity contribution in [2.24, 2.45) is 5.73 Å². The molecule has 0 fully saturated rings. The van der Waals surface area contributed by atoms with E-state index in [1.54, 1.807) is 0 Å². The molecule has 0 aliphatic rings. The molecule has 0 saturated carbocycles. The van der Waals surface area contributed by atoms with Crippen molar-refractivity contribution in [2.45, 2.75) is 18.6 Å². The van der Waals surface area contributed by atoms with Gasteiger partial charge in [0, 0.05) is 11.8 Å². The van der Waals surface area contributed by atoms with Crippen LogP contribution in [0.5, 0.6) is 11.5 Å². The molecule has 5 nitrogen and oxygen atoms in total. The van der Waals surface area contributed by atoms with Crippen LogP contribution in [-0.2, 0) is 4.79 Å². The van der Waals surface area contributed by atoms with Crippen LogP contribution in [0, 0.1) is 0 Å². The van der Waals surface area contributed by atoms with Gasteiger partial charge in [-0.1, -0.05) is 0 Å². The van der Waals surface area contributed by atoms with Crippen LogP contribution in [0.3, 0.4) is 0 Å². The van der Waals surface area contributed by atoms with E-state index in [1.807, 2.05) is 0 Å². The Labute approximate surface area is 113 Å². The van der Waals surface area contributed by atoms with Gasteiger partial charge in [0.2, 0.25) is 0 Å². The third-order valence-electron chi connectivity index (χ3n) is 2.70. The van der Waals surface area contributed by atoms with Crippen molar-refractivity contribution in [3.63, 3.8) is 0 Å².